The number of carbonyl (C=O) groups is 2. The summed E-state index contributed by atoms with van der Waals surface area (Å²) in [5, 5.41) is 10.6. The van der Waals surface area contributed by atoms with E-state index in [1.54, 1.807) is 26.8 Å². The fourth-order valence-electron chi connectivity index (χ4n) is 1.89. The summed E-state index contributed by atoms with van der Waals surface area (Å²) in [6.45, 7) is 4.98. The average molecular weight is 296 g/mol. The van der Waals surface area contributed by atoms with Crippen LogP contribution in [-0.2, 0) is 24.7 Å². The van der Waals surface area contributed by atoms with Gasteiger partial charge >= 0.3 is 11.9 Å². The molecule has 0 heterocycles. The minimum absolute atomic E-state index is 0.0374. The van der Waals surface area contributed by atoms with Crippen LogP contribution in [0.15, 0.2) is 18.2 Å². The van der Waals surface area contributed by atoms with Gasteiger partial charge in [-0.25, -0.2) is 9.59 Å². The molecule has 0 fully saturated rings. The van der Waals surface area contributed by atoms with Crippen LogP contribution in [0.4, 0.5) is 0 Å². The quantitative estimate of drug-likeness (QED) is 0.630. The zero-order chi connectivity index (χ0) is 16.0. The molecule has 0 amide bonds. The molecular weight excluding hydrogens is 276 g/mol. The van der Waals surface area contributed by atoms with Crippen molar-refractivity contribution in [2.75, 3.05) is 20.3 Å². The predicted octanol–water partition coefficient (Wildman–Crippen LogP) is 1.32. The van der Waals surface area contributed by atoms with Crippen molar-refractivity contribution in [2.24, 2.45) is 0 Å². The largest absolute Gasteiger partial charge is 0.496 e. The SMILES string of the molecule is CCOC(=O)C(O)(C(=O)OCC)c1ccc(OC)c(C)c1. The second kappa shape index (κ2) is 7.08. The van der Waals surface area contributed by atoms with Crippen LogP contribution in [0.5, 0.6) is 5.75 Å². The van der Waals surface area contributed by atoms with Crippen molar-refractivity contribution < 1.29 is 28.9 Å². The molecule has 0 spiro atoms. The fourth-order valence-corrected chi connectivity index (χ4v) is 1.89. The number of ether oxygens (including phenoxy) is 3. The zero-order valence-corrected chi connectivity index (χ0v) is 12.6. The highest BCUT2D eigenvalue weighted by atomic mass is 16.6. The molecule has 6 nitrogen and oxygen atoms in total. The van der Waals surface area contributed by atoms with Crippen molar-refractivity contribution in [3.8, 4) is 5.75 Å². The van der Waals surface area contributed by atoms with Crippen LogP contribution in [0.25, 0.3) is 0 Å². The number of hydrogen-bond acceptors (Lipinski definition) is 6. The van der Waals surface area contributed by atoms with Crippen LogP contribution in [-0.4, -0.2) is 37.4 Å². The van der Waals surface area contributed by atoms with E-state index in [-0.39, 0.29) is 18.8 Å². The standard InChI is InChI=1S/C15H20O6/c1-5-20-13(16)15(18,14(17)21-6-2)11-7-8-12(19-4)10(3)9-11/h7-9,18H,5-6H2,1-4H3. The van der Waals surface area contributed by atoms with Gasteiger partial charge in [0, 0.05) is 5.56 Å². The molecule has 116 valence electrons. The first-order chi connectivity index (χ1) is 9.91. The Labute approximate surface area is 123 Å². The molecule has 1 aromatic rings. The van der Waals surface area contributed by atoms with E-state index >= 15 is 0 Å². The maximum atomic E-state index is 12.0. The third-order valence-corrected chi connectivity index (χ3v) is 2.95. The Morgan fingerprint density at radius 1 is 1.14 bits per heavy atom. The lowest BCUT2D eigenvalue weighted by Crippen LogP contribution is -2.46. The second-order valence-corrected chi connectivity index (χ2v) is 4.34. The lowest BCUT2D eigenvalue weighted by molar-refractivity contribution is -0.184. The third-order valence-electron chi connectivity index (χ3n) is 2.95. The summed E-state index contributed by atoms with van der Waals surface area (Å²) < 4.78 is 14.7. The van der Waals surface area contributed by atoms with Crippen molar-refractivity contribution in [1.82, 2.24) is 0 Å². The molecule has 21 heavy (non-hydrogen) atoms. The lowest BCUT2D eigenvalue weighted by Gasteiger charge is -2.24. The topological polar surface area (TPSA) is 82.1 Å². The highest BCUT2D eigenvalue weighted by Crippen LogP contribution is 2.29. The first-order valence-electron chi connectivity index (χ1n) is 6.63. The van der Waals surface area contributed by atoms with E-state index < -0.39 is 17.5 Å². The van der Waals surface area contributed by atoms with E-state index in [0.29, 0.717) is 11.3 Å². The number of esters is 2. The third kappa shape index (κ3) is 3.33. The number of methoxy groups -OCH3 is 1. The number of aliphatic hydroxyl groups is 1. The maximum absolute atomic E-state index is 12.0. The molecule has 0 aliphatic carbocycles. The molecule has 0 atom stereocenters. The van der Waals surface area contributed by atoms with Gasteiger partial charge in [-0.05, 0) is 38.5 Å². The maximum Gasteiger partial charge on any atom is 0.354 e. The Hall–Kier alpha value is -2.08. The first kappa shape index (κ1) is 17.0. The van der Waals surface area contributed by atoms with Crippen LogP contribution in [0.2, 0.25) is 0 Å². The van der Waals surface area contributed by atoms with Gasteiger partial charge in [0.05, 0.1) is 20.3 Å². The van der Waals surface area contributed by atoms with Gasteiger partial charge in [0.2, 0.25) is 0 Å². The summed E-state index contributed by atoms with van der Waals surface area (Å²) in [5.74, 6) is -1.55. The molecule has 0 bridgehead atoms. The molecule has 6 heteroatoms. The van der Waals surface area contributed by atoms with Crippen LogP contribution >= 0.6 is 0 Å². The van der Waals surface area contributed by atoms with Crippen molar-refractivity contribution in [1.29, 1.82) is 0 Å². The summed E-state index contributed by atoms with van der Waals surface area (Å²) in [6, 6.07) is 4.49. The molecule has 0 unspecified atom stereocenters. The summed E-state index contributed by atoms with van der Waals surface area (Å²) in [5.41, 5.74) is -1.73. The van der Waals surface area contributed by atoms with Gasteiger partial charge in [-0.3, -0.25) is 0 Å². The molecule has 0 aliphatic heterocycles. The van der Waals surface area contributed by atoms with Gasteiger partial charge in [0.25, 0.3) is 5.60 Å². The second-order valence-electron chi connectivity index (χ2n) is 4.34. The van der Waals surface area contributed by atoms with Crippen molar-refractivity contribution in [3.05, 3.63) is 29.3 Å². The first-order valence-corrected chi connectivity index (χ1v) is 6.63. The normalized spacial score (nSPS) is 10.9. The highest BCUT2D eigenvalue weighted by Gasteiger charge is 2.49. The predicted molar refractivity (Wildman–Crippen MR) is 74.9 cm³/mol. The van der Waals surface area contributed by atoms with Gasteiger partial charge in [-0.2, -0.15) is 0 Å². The van der Waals surface area contributed by atoms with Crippen molar-refractivity contribution in [3.63, 3.8) is 0 Å². The van der Waals surface area contributed by atoms with E-state index in [4.69, 9.17) is 14.2 Å². The van der Waals surface area contributed by atoms with Crippen LogP contribution in [0, 0.1) is 6.92 Å². The van der Waals surface area contributed by atoms with Gasteiger partial charge < -0.3 is 19.3 Å². The number of hydrogen-bond donors (Lipinski definition) is 1. The Morgan fingerprint density at radius 2 is 1.67 bits per heavy atom. The molecule has 0 radical (unpaired) electrons. The van der Waals surface area contributed by atoms with Crippen LogP contribution in [0.3, 0.4) is 0 Å². The van der Waals surface area contributed by atoms with E-state index in [9.17, 15) is 14.7 Å². The van der Waals surface area contributed by atoms with Crippen LogP contribution in [0.1, 0.15) is 25.0 Å². The van der Waals surface area contributed by atoms with Crippen LogP contribution < -0.4 is 4.74 Å². The average Bonchev–Trinajstić information content (AvgIpc) is 2.46. The number of carbonyl (C=O) groups excluding carboxylic acids is 2. The molecule has 1 N–H and O–H groups in total. The van der Waals surface area contributed by atoms with E-state index in [2.05, 4.69) is 0 Å². The monoisotopic (exact) mass is 296 g/mol. The summed E-state index contributed by atoms with van der Waals surface area (Å²) in [4.78, 5) is 24.1. The number of aryl methyl sites for hydroxylation is 1. The minimum Gasteiger partial charge on any atom is -0.496 e. The molecule has 0 saturated heterocycles. The molecule has 0 aromatic heterocycles. The Balaban J connectivity index is 3.33. The summed E-state index contributed by atoms with van der Waals surface area (Å²) in [7, 11) is 1.50. The van der Waals surface area contributed by atoms with E-state index in [1.165, 1.54) is 19.2 Å². The van der Waals surface area contributed by atoms with Gasteiger partial charge in [0.15, 0.2) is 0 Å². The fraction of sp³-hybridized carbons (Fsp3) is 0.467. The number of benzene rings is 1. The smallest absolute Gasteiger partial charge is 0.354 e. The molecule has 1 rings (SSSR count). The van der Waals surface area contributed by atoms with Gasteiger partial charge in [-0.15, -0.1) is 0 Å². The molecule has 0 saturated carbocycles. The van der Waals surface area contributed by atoms with E-state index in [0.717, 1.165) is 0 Å². The minimum atomic E-state index is -2.48. The lowest BCUT2D eigenvalue weighted by atomic mass is 9.92. The summed E-state index contributed by atoms with van der Waals surface area (Å²) in [6.07, 6.45) is 0. The molecule has 0 aliphatic rings. The molecule has 1 aromatic carbocycles. The Kier molecular flexibility index (Phi) is 5.72. The highest BCUT2D eigenvalue weighted by molar-refractivity contribution is 6.04. The zero-order valence-electron chi connectivity index (χ0n) is 12.6. The van der Waals surface area contributed by atoms with Gasteiger partial charge in [-0.1, -0.05) is 6.07 Å². The van der Waals surface area contributed by atoms with E-state index in [1.807, 2.05) is 0 Å². The Morgan fingerprint density at radius 3 is 2.05 bits per heavy atom. The summed E-state index contributed by atoms with van der Waals surface area (Å²) >= 11 is 0. The van der Waals surface area contributed by atoms with Crippen molar-refractivity contribution in [2.45, 2.75) is 26.4 Å². The number of rotatable bonds is 6. The Bertz CT molecular complexity index is 505. The van der Waals surface area contributed by atoms with Crippen molar-refractivity contribution >= 4 is 11.9 Å². The molecular formula is C15H20O6. The van der Waals surface area contributed by atoms with Gasteiger partial charge in [0.1, 0.15) is 5.75 Å².